The lowest BCUT2D eigenvalue weighted by Crippen LogP contribution is -2.11. The van der Waals surface area contributed by atoms with Crippen molar-refractivity contribution in [2.45, 2.75) is 24.0 Å². The second-order valence-electron chi connectivity index (χ2n) is 6.43. The molecule has 0 saturated carbocycles. The fourth-order valence-electron chi connectivity index (χ4n) is 2.70. The first-order chi connectivity index (χ1) is 14.5. The Hall–Kier alpha value is -2.62. The van der Waals surface area contributed by atoms with Crippen molar-refractivity contribution in [1.29, 1.82) is 0 Å². The number of nitrogens with zero attached hydrogens (tertiary/aromatic N) is 3. The van der Waals surface area contributed by atoms with Crippen molar-refractivity contribution >= 4 is 45.5 Å². The molecule has 30 heavy (non-hydrogen) atoms. The summed E-state index contributed by atoms with van der Waals surface area (Å²) in [5.41, 5.74) is 2.42. The molecular formula is C21H17FN4OS3. The van der Waals surface area contributed by atoms with Crippen LogP contribution in [0.5, 0.6) is 0 Å². The van der Waals surface area contributed by atoms with Crippen LogP contribution in [0.1, 0.15) is 31.6 Å². The highest BCUT2D eigenvalue weighted by atomic mass is 32.2. The van der Waals surface area contributed by atoms with Gasteiger partial charge in [-0.1, -0.05) is 23.5 Å². The molecule has 0 saturated heterocycles. The van der Waals surface area contributed by atoms with Gasteiger partial charge in [0, 0.05) is 28.0 Å². The molecule has 9 heteroatoms. The number of anilines is 1. The maximum absolute atomic E-state index is 13.3. The van der Waals surface area contributed by atoms with Crippen molar-refractivity contribution < 1.29 is 9.18 Å². The minimum Gasteiger partial charge on any atom is -0.296 e. The van der Waals surface area contributed by atoms with E-state index in [1.165, 1.54) is 23.5 Å². The molecular weight excluding hydrogens is 439 g/mol. The number of carbonyl (C=O) groups is 1. The highest BCUT2D eigenvalue weighted by molar-refractivity contribution is 7.98. The van der Waals surface area contributed by atoms with Gasteiger partial charge in [-0.15, -0.1) is 33.3 Å². The van der Waals surface area contributed by atoms with Crippen molar-refractivity contribution in [3.63, 3.8) is 0 Å². The van der Waals surface area contributed by atoms with Crippen LogP contribution >= 0.6 is 34.4 Å². The Morgan fingerprint density at radius 3 is 2.73 bits per heavy atom. The second-order valence-corrected chi connectivity index (χ2v) is 9.61. The number of aromatic nitrogens is 3. The van der Waals surface area contributed by atoms with Gasteiger partial charge in [0.1, 0.15) is 10.8 Å². The van der Waals surface area contributed by atoms with Gasteiger partial charge in [0.2, 0.25) is 5.13 Å². The quantitative estimate of drug-likeness (QED) is 0.368. The molecule has 0 atom stereocenters. The molecule has 0 bridgehead atoms. The third-order valence-electron chi connectivity index (χ3n) is 4.10. The van der Waals surface area contributed by atoms with Crippen LogP contribution in [-0.4, -0.2) is 21.1 Å². The highest BCUT2D eigenvalue weighted by Crippen LogP contribution is 2.24. The number of amides is 1. The van der Waals surface area contributed by atoms with Crippen molar-refractivity contribution in [2.75, 3.05) is 5.32 Å². The minimum atomic E-state index is -0.283. The van der Waals surface area contributed by atoms with Gasteiger partial charge in [-0.3, -0.25) is 10.1 Å². The predicted molar refractivity (Wildman–Crippen MR) is 120 cm³/mol. The lowest BCUT2D eigenvalue weighted by Gasteiger charge is -2.03. The van der Waals surface area contributed by atoms with Gasteiger partial charge >= 0.3 is 0 Å². The van der Waals surface area contributed by atoms with Crippen LogP contribution in [0.4, 0.5) is 9.52 Å². The first-order valence-corrected chi connectivity index (χ1v) is 11.8. The molecule has 0 spiro atoms. The summed E-state index contributed by atoms with van der Waals surface area (Å²) in [6.45, 7) is 1.99. The number of nitrogens with one attached hydrogen (secondary N) is 1. The summed E-state index contributed by atoms with van der Waals surface area (Å²) in [6.07, 6.45) is 0.468. The molecule has 1 N–H and O–H groups in total. The van der Waals surface area contributed by atoms with Gasteiger partial charge in [0.05, 0.1) is 10.7 Å². The first kappa shape index (κ1) is 20.6. The van der Waals surface area contributed by atoms with E-state index in [1.807, 2.05) is 25.1 Å². The fraction of sp³-hybridized carbons (Fsp3) is 0.143. The summed E-state index contributed by atoms with van der Waals surface area (Å²) in [4.78, 5) is 18.0. The van der Waals surface area contributed by atoms with E-state index in [9.17, 15) is 9.18 Å². The molecule has 2 aromatic heterocycles. The van der Waals surface area contributed by atoms with Gasteiger partial charge < -0.3 is 0 Å². The largest absolute Gasteiger partial charge is 0.296 e. The SMILES string of the molecule is Cc1nc(CSc2ccc(C(=O)Nc3nnc(Cc4cccc(F)c4)s3)cc2)cs1. The van der Waals surface area contributed by atoms with Crippen molar-refractivity contribution in [2.24, 2.45) is 0 Å². The molecule has 0 aliphatic carbocycles. The van der Waals surface area contributed by atoms with Crippen molar-refractivity contribution in [1.82, 2.24) is 15.2 Å². The van der Waals surface area contributed by atoms with Crippen molar-refractivity contribution in [3.05, 3.63) is 86.6 Å². The van der Waals surface area contributed by atoms with Crippen LogP contribution in [0.15, 0.2) is 58.8 Å². The van der Waals surface area contributed by atoms with Crippen molar-refractivity contribution in [3.8, 4) is 0 Å². The molecule has 4 rings (SSSR count). The molecule has 0 aliphatic heterocycles. The molecule has 0 aliphatic rings. The predicted octanol–water partition coefficient (Wildman–Crippen LogP) is 5.58. The zero-order valence-corrected chi connectivity index (χ0v) is 18.4. The van der Waals surface area contributed by atoms with Gasteiger partial charge in [-0.05, 0) is 48.9 Å². The number of hydrogen-bond donors (Lipinski definition) is 1. The lowest BCUT2D eigenvalue weighted by atomic mass is 10.1. The Bertz CT molecular complexity index is 1160. The molecule has 2 aromatic carbocycles. The average molecular weight is 457 g/mol. The zero-order valence-electron chi connectivity index (χ0n) is 16.0. The maximum atomic E-state index is 13.3. The van der Waals surface area contributed by atoms with Crippen LogP contribution in [0.25, 0.3) is 0 Å². The third kappa shape index (κ3) is 5.50. The third-order valence-corrected chi connectivity index (χ3v) is 6.81. The summed E-state index contributed by atoms with van der Waals surface area (Å²) in [5, 5.41) is 15.1. The zero-order chi connectivity index (χ0) is 20.9. The summed E-state index contributed by atoms with van der Waals surface area (Å²) in [6, 6.07) is 13.8. The Balaban J connectivity index is 1.33. The normalized spacial score (nSPS) is 10.9. The summed E-state index contributed by atoms with van der Waals surface area (Å²) >= 11 is 4.61. The molecule has 5 nitrogen and oxygen atoms in total. The second kappa shape index (κ2) is 9.46. The smallest absolute Gasteiger partial charge is 0.257 e. The number of aryl methyl sites for hydroxylation is 1. The van der Waals surface area contributed by atoms with E-state index < -0.39 is 0 Å². The van der Waals surface area contributed by atoms with Crippen LogP contribution in [0, 0.1) is 12.7 Å². The lowest BCUT2D eigenvalue weighted by molar-refractivity contribution is 0.102. The van der Waals surface area contributed by atoms with Gasteiger partial charge in [-0.25, -0.2) is 9.37 Å². The van der Waals surface area contributed by atoms with Gasteiger partial charge in [-0.2, -0.15) is 0 Å². The van der Waals surface area contributed by atoms with E-state index in [0.29, 0.717) is 22.1 Å². The Kier molecular flexibility index (Phi) is 6.51. The molecule has 4 aromatic rings. The number of hydrogen-bond acceptors (Lipinski definition) is 7. The van der Waals surface area contributed by atoms with E-state index in [4.69, 9.17) is 0 Å². The first-order valence-electron chi connectivity index (χ1n) is 9.07. The topological polar surface area (TPSA) is 67.8 Å². The van der Waals surface area contributed by atoms with E-state index >= 15 is 0 Å². The van der Waals surface area contributed by atoms with Gasteiger partial charge in [0.25, 0.3) is 5.91 Å². The van der Waals surface area contributed by atoms with Crippen LogP contribution < -0.4 is 5.32 Å². The molecule has 0 radical (unpaired) electrons. The standard InChI is InChI=1S/C21H17FN4OS3/c1-13-23-17(11-28-13)12-29-18-7-5-15(6-8-18)20(27)24-21-26-25-19(30-21)10-14-3-2-4-16(22)9-14/h2-9,11H,10,12H2,1H3,(H,24,26,27). The average Bonchev–Trinajstić information content (AvgIpc) is 3.35. The summed E-state index contributed by atoms with van der Waals surface area (Å²) < 4.78 is 13.3. The molecule has 152 valence electrons. The van der Waals surface area contributed by atoms with Crippen LogP contribution in [-0.2, 0) is 12.2 Å². The van der Waals surface area contributed by atoms with E-state index in [-0.39, 0.29) is 11.7 Å². The summed E-state index contributed by atoms with van der Waals surface area (Å²) in [7, 11) is 0. The number of halogens is 1. The Morgan fingerprint density at radius 1 is 1.17 bits per heavy atom. The van der Waals surface area contributed by atoms with E-state index in [0.717, 1.165) is 26.9 Å². The number of carbonyl (C=O) groups excluding carboxylic acids is 1. The van der Waals surface area contributed by atoms with E-state index in [1.54, 1.807) is 41.3 Å². The minimum absolute atomic E-state index is 0.241. The Labute approximate surface area is 185 Å². The molecule has 1 amide bonds. The molecule has 0 fully saturated rings. The number of thioether (sulfide) groups is 1. The maximum Gasteiger partial charge on any atom is 0.257 e. The number of thiazole rings is 1. The van der Waals surface area contributed by atoms with Crippen LogP contribution in [0.2, 0.25) is 0 Å². The Morgan fingerprint density at radius 2 is 2.00 bits per heavy atom. The fourth-order valence-corrected chi connectivity index (χ4v) is 4.98. The number of rotatable bonds is 7. The van der Waals surface area contributed by atoms with Gasteiger partial charge in [0.15, 0.2) is 0 Å². The van der Waals surface area contributed by atoms with E-state index in [2.05, 4.69) is 25.9 Å². The molecule has 0 unspecified atom stereocenters. The monoisotopic (exact) mass is 456 g/mol. The number of benzene rings is 2. The highest BCUT2D eigenvalue weighted by Gasteiger charge is 2.11. The molecule has 2 heterocycles. The summed E-state index contributed by atoms with van der Waals surface area (Å²) in [5.74, 6) is 0.276. The van der Waals surface area contributed by atoms with Crippen LogP contribution in [0.3, 0.4) is 0 Å².